The Morgan fingerprint density at radius 3 is 2.57 bits per heavy atom. The van der Waals surface area contributed by atoms with Crippen LogP contribution in [0.25, 0.3) is 0 Å². The molecule has 3 amide bonds. The molecule has 1 aromatic rings. The Balaban J connectivity index is 1.61. The molecule has 5 rings (SSSR count). The van der Waals surface area contributed by atoms with Crippen LogP contribution in [-0.4, -0.2) is 42.7 Å². The summed E-state index contributed by atoms with van der Waals surface area (Å²) in [6, 6.07) is 5.37. The summed E-state index contributed by atoms with van der Waals surface area (Å²) < 4.78 is 12.0. The van der Waals surface area contributed by atoms with E-state index in [1.807, 2.05) is 18.2 Å². The summed E-state index contributed by atoms with van der Waals surface area (Å²) in [5, 5.41) is 3.01. The van der Waals surface area contributed by atoms with Gasteiger partial charge in [0.15, 0.2) is 5.54 Å². The second-order valence-corrected chi connectivity index (χ2v) is 8.33. The highest BCUT2D eigenvalue weighted by molar-refractivity contribution is 6.09. The van der Waals surface area contributed by atoms with Crippen LogP contribution in [0.3, 0.4) is 0 Å². The first-order valence-corrected chi connectivity index (χ1v) is 9.97. The van der Waals surface area contributed by atoms with Gasteiger partial charge in [-0.15, -0.1) is 0 Å². The number of likely N-dealkylation sites (N-methyl/N-ethyl adjacent to an activating group) is 1. The number of benzene rings is 1. The standard InChI is InChI=1S/C22H24N2O4/c1-24-19(25)22(23-20(24)26)17-13-15(6-5-14-3-4-14)7-8-18(17)28-21(22)11-9-16(27-2)10-12-21/h7-8,13-14,16H,3-4,9-12H2,1-2H3,(H,23,26). The Morgan fingerprint density at radius 2 is 1.96 bits per heavy atom. The molecule has 28 heavy (non-hydrogen) atoms. The van der Waals surface area contributed by atoms with E-state index >= 15 is 0 Å². The number of nitrogens with zero attached hydrogens (tertiary/aromatic N) is 1. The van der Waals surface area contributed by atoms with Gasteiger partial charge >= 0.3 is 6.03 Å². The molecule has 6 nitrogen and oxygen atoms in total. The van der Waals surface area contributed by atoms with Gasteiger partial charge < -0.3 is 14.8 Å². The van der Waals surface area contributed by atoms with Gasteiger partial charge in [0.1, 0.15) is 11.4 Å². The molecule has 2 aliphatic heterocycles. The molecular weight excluding hydrogens is 356 g/mol. The van der Waals surface area contributed by atoms with Gasteiger partial charge in [0, 0.05) is 31.2 Å². The largest absolute Gasteiger partial charge is 0.483 e. The molecule has 0 radical (unpaired) electrons. The molecule has 1 atom stereocenters. The molecule has 4 aliphatic rings. The SMILES string of the molecule is COC1CCC2(CC1)Oc1ccc(C#CC3CC3)cc1C21NC(=O)N(C)C1=O. The molecule has 0 aromatic heterocycles. The smallest absolute Gasteiger partial charge is 0.325 e. The van der Waals surface area contributed by atoms with Crippen LogP contribution in [0.4, 0.5) is 4.79 Å². The van der Waals surface area contributed by atoms with Crippen LogP contribution in [0.5, 0.6) is 5.75 Å². The maximum atomic E-state index is 13.4. The molecule has 1 unspecified atom stereocenters. The van der Waals surface area contributed by atoms with E-state index in [4.69, 9.17) is 9.47 Å². The minimum Gasteiger partial charge on any atom is -0.483 e. The predicted molar refractivity (Wildman–Crippen MR) is 102 cm³/mol. The number of carbonyl (C=O) groups excluding carboxylic acids is 2. The van der Waals surface area contributed by atoms with Crippen LogP contribution in [-0.2, 0) is 15.1 Å². The number of fused-ring (bicyclic) bond motifs is 3. The first kappa shape index (κ1) is 17.6. The first-order chi connectivity index (χ1) is 13.5. The van der Waals surface area contributed by atoms with Crippen LogP contribution in [0.2, 0.25) is 0 Å². The highest BCUT2D eigenvalue weighted by atomic mass is 16.5. The first-order valence-electron chi connectivity index (χ1n) is 9.97. The van der Waals surface area contributed by atoms with Gasteiger partial charge in [0.05, 0.1) is 6.10 Å². The zero-order valence-corrected chi connectivity index (χ0v) is 16.2. The van der Waals surface area contributed by atoms with Crippen molar-refractivity contribution in [1.29, 1.82) is 0 Å². The van der Waals surface area contributed by atoms with Crippen molar-refractivity contribution in [2.24, 2.45) is 5.92 Å². The normalized spacial score (nSPS) is 33.5. The van der Waals surface area contributed by atoms with E-state index in [1.165, 1.54) is 11.9 Å². The lowest BCUT2D eigenvalue weighted by Gasteiger charge is -2.44. The highest BCUT2D eigenvalue weighted by Gasteiger charge is 2.70. The van der Waals surface area contributed by atoms with Crippen LogP contribution in [0.1, 0.15) is 49.7 Å². The second kappa shape index (κ2) is 5.99. The van der Waals surface area contributed by atoms with Crippen LogP contribution in [0.15, 0.2) is 18.2 Å². The molecule has 2 aliphatic carbocycles. The Kier molecular flexibility index (Phi) is 3.76. The summed E-state index contributed by atoms with van der Waals surface area (Å²) in [5.41, 5.74) is -0.393. The zero-order chi connectivity index (χ0) is 19.5. The predicted octanol–water partition coefficient (Wildman–Crippen LogP) is 2.55. The minimum atomic E-state index is -1.19. The monoisotopic (exact) mass is 380 g/mol. The molecule has 6 heteroatoms. The number of ether oxygens (including phenoxy) is 2. The number of rotatable bonds is 1. The molecule has 2 heterocycles. The third kappa shape index (κ3) is 2.32. The second-order valence-electron chi connectivity index (χ2n) is 8.33. The van der Waals surface area contributed by atoms with E-state index in [-0.39, 0.29) is 18.0 Å². The van der Waals surface area contributed by atoms with Gasteiger partial charge in [-0.25, -0.2) is 4.79 Å². The lowest BCUT2D eigenvalue weighted by Crippen LogP contribution is -2.63. The third-order valence-electron chi connectivity index (χ3n) is 6.67. The van der Waals surface area contributed by atoms with Crippen molar-refractivity contribution in [1.82, 2.24) is 10.2 Å². The van der Waals surface area contributed by atoms with Crippen molar-refractivity contribution >= 4 is 11.9 Å². The number of urea groups is 1. The van der Waals surface area contributed by atoms with Crippen LogP contribution < -0.4 is 10.1 Å². The van der Waals surface area contributed by atoms with E-state index in [9.17, 15) is 9.59 Å². The lowest BCUT2D eigenvalue weighted by molar-refractivity contribution is -0.141. The number of methoxy groups -OCH3 is 1. The minimum absolute atomic E-state index is 0.153. The zero-order valence-electron chi connectivity index (χ0n) is 16.2. The van der Waals surface area contributed by atoms with Crippen molar-refractivity contribution in [2.45, 2.75) is 55.8 Å². The molecule has 146 valence electrons. The Labute approximate surface area is 164 Å². The van der Waals surface area contributed by atoms with Gasteiger partial charge in [-0.05, 0) is 56.7 Å². The van der Waals surface area contributed by atoms with E-state index in [0.29, 0.717) is 24.5 Å². The molecule has 1 N–H and O–H groups in total. The van der Waals surface area contributed by atoms with Gasteiger partial charge in [0.25, 0.3) is 5.91 Å². The molecule has 1 saturated heterocycles. The summed E-state index contributed by atoms with van der Waals surface area (Å²) in [6.07, 6.45) is 5.33. The summed E-state index contributed by atoms with van der Waals surface area (Å²) in [4.78, 5) is 27.1. The van der Waals surface area contributed by atoms with Crippen LogP contribution in [0, 0.1) is 17.8 Å². The Morgan fingerprint density at radius 1 is 1.21 bits per heavy atom. The number of hydrogen-bond donors (Lipinski definition) is 1. The van der Waals surface area contributed by atoms with Gasteiger partial charge in [-0.3, -0.25) is 9.69 Å². The van der Waals surface area contributed by atoms with Crippen LogP contribution >= 0.6 is 0 Å². The van der Waals surface area contributed by atoms with Gasteiger partial charge in [-0.2, -0.15) is 0 Å². The van der Waals surface area contributed by atoms with Crippen molar-refractivity contribution in [2.75, 3.05) is 14.2 Å². The number of imide groups is 1. The highest BCUT2D eigenvalue weighted by Crippen LogP contribution is 2.56. The van der Waals surface area contributed by atoms with E-state index in [2.05, 4.69) is 17.2 Å². The van der Waals surface area contributed by atoms with Crippen molar-refractivity contribution in [3.8, 4) is 17.6 Å². The maximum Gasteiger partial charge on any atom is 0.325 e. The Hall–Kier alpha value is -2.52. The van der Waals surface area contributed by atoms with Gasteiger partial charge in [0.2, 0.25) is 0 Å². The fourth-order valence-electron chi connectivity index (χ4n) is 4.84. The topological polar surface area (TPSA) is 67.9 Å². The van der Waals surface area contributed by atoms with E-state index < -0.39 is 11.1 Å². The molecule has 1 aromatic carbocycles. The number of nitrogens with one attached hydrogen (secondary N) is 1. The van der Waals surface area contributed by atoms with Gasteiger partial charge in [-0.1, -0.05) is 11.8 Å². The quantitative estimate of drug-likeness (QED) is 0.601. The molecule has 2 saturated carbocycles. The van der Waals surface area contributed by atoms with Crippen molar-refractivity contribution < 1.29 is 19.1 Å². The fourth-order valence-corrected chi connectivity index (χ4v) is 4.84. The number of amides is 3. The molecule has 0 bridgehead atoms. The summed E-state index contributed by atoms with van der Waals surface area (Å²) in [6.45, 7) is 0. The lowest BCUT2D eigenvalue weighted by atomic mass is 9.68. The summed E-state index contributed by atoms with van der Waals surface area (Å²) in [5.74, 6) is 7.40. The maximum absolute atomic E-state index is 13.4. The van der Waals surface area contributed by atoms with Crippen molar-refractivity contribution in [3.05, 3.63) is 29.3 Å². The van der Waals surface area contributed by atoms with E-state index in [1.54, 1.807) is 7.11 Å². The molecular formula is C22H24N2O4. The average molecular weight is 380 g/mol. The summed E-state index contributed by atoms with van der Waals surface area (Å²) in [7, 11) is 3.24. The average Bonchev–Trinajstić information content (AvgIpc) is 3.47. The van der Waals surface area contributed by atoms with Crippen molar-refractivity contribution in [3.63, 3.8) is 0 Å². The molecule has 3 fully saturated rings. The number of hydrogen-bond acceptors (Lipinski definition) is 4. The summed E-state index contributed by atoms with van der Waals surface area (Å²) >= 11 is 0. The van der Waals surface area contributed by atoms with E-state index in [0.717, 1.165) is 36.8 Å². The third-order valence-corrected chi connectivity index (χ3v) is 6.67. The fraction of sp³-hybridized carbons (Fsp3) is 0.545. The number of carbonyl (C=O) groups is 2. The molecule has 2 spiro atoms. The Bertz CT molecular complexity index is 918.